The molecular formula is C16H19FN2O. The average molecular weight is 274 g/mol. The number of nitrogen functional groups attached to an aromatic ring is 1. The highest BCUT2D eigenvalue weighted by Crippen LogP contribution is 2.28. The predicted molar refractivity (Wildman–Crippen MR) is 80.5 cm³/mol. The summed E-state index contributed by atoms with van der Waals surface area (Å²) in [6.45, 7) is 4.90. The smallest absolute Gasteiger partial charge is 0.167 e. The Hall–Kier alpha value is -2.23. The highest BCUT2D eigenvalue weighted by Gasteiger charge is 2.08. The molecule has 2 rings (SSSR count). The van der Waals surface area contributed by atoms with E-state index in [1.54, 1.807) is 6.07 Å². The zero-order chi connectivity index (χ0) is 14.5. The molecule has 0 saturated heterocycles. The van der Waals surface area contributed by atoms with Gasteiger partial charge in [-0.1, -0.05) is 29.8 Å². The monoisotopic (exact) mass is 274 g/mol. The fraction of sp³-hybridized carbons (Fsp3) is 0.250. The van der Waals surface area contributed by atoms with E-state index in [1.165, 1.54) is 11.6 Å². The summed E-state index contributed by atoms with van der Waals surface area (Å²) in [7, 11) is 0. The highest BCUT2D eigenvalue weighted by atomic mass is 19.1. The lowest BCUT2D eigenvalue weighted by atomic mass is 10.1. The van der Waals surface area contributed by atoms with E-state index in [2.05, 4.69) is 11.4 Å². The minimum atomic E-state index is -0.439. The van der Waals surface area contributed by atoms with Gasteiger partial charge in [-0.2, -0.15) is 0 Å². The number of hydrogen-bond acceptors (Lipinski definition) is 3. The first-order chi connectivity index (χ1) is 9.60. The second-order valence-electron chi connectivity index (χ2n) is 4.65. The van der Waals surface area contributed by atoms with Gasteiger partial charge in [-0.05, 0) is 19.4 Å². The molecule has 0 fully saturated rings. The maximum atomic E-state index is 13.6. The molecule has 106 valence electrons. The van der Waals surface area contributed by atoms with Crippen molar-refractivity contribution in [1.29, 1.82) is 0 Å². The molecule has 20 heavy (non-hydrogen) atoms. The molecule has 3 nitrogen and oxygen atoms in total. The third-order valence-corrected chi connectivity index (χ3v) is 2.97. The van der Waals surface area contributed by atoms with Crippen molar-refractivity contribution in [3.8, 4) is 5.75 Å². The third kappa shape index (κ3) is 3.41. The number of nitrogens with one attached hydrogen (secondary N) is 1. The SMILES string of the molecule is CCOc1cc(NCc2cccc(C)c2)c(N)cc1F. The molecule has 0 aliphatic carbocycles. The van der Waals surface area contributed by atoms with Crippen molar-refractivity contribution in [1.82, 2.24) is 0 Å². The normalized spacial score (nSPS) is 10.3. The lowest BCUT2D eigenvalue weighted by Gasteiger charge is -2.13. The van der Waals surface area contributed by atoms with Crippen LogP contribution in [0.5, 0.6) is 5.75 Å². The van der Waals surface area contributed by atoms with Gasteiger partial charge in [0.05, 0.1) is 18.0 Å². The van der Waals surface area contributed by atoms with Crippen LogP contribution in [0.4, 0.5) is 15.8 Å². The molecule has 4 heteroatoms. The number of benzene rings is 2. The summed E-state index contributed by atoms with van der Waals surface area (Å²) < 4.78 is 18.8. The average Bonchev–Trinajstić information content (AvgIpc) is 2.41. The molecule has 0 aliphatic heterocycles. The van der Waals surface area contributed by atoms with Gasteiger partial charge in [0.1, 0.15) is 0 Å². The van der Waals surface area contributed by atoms with E-state index < -0.39 is 5.82 Å². The predicted octanol–water partition coefficient (Wildman–Crippen LogP) is 3.73. The molecule has 0 amide bonds. The van der Waals surface area contributed by atoms with Gasteiger partial charge >= 0.3 is 0 Å². The zero-order valence-electron chi connectivity index (χ0n) is 11.7. The number of anilines is 2. The van der Waals surface area contributed by atoms with Crippen molar-refractivity contribution in [2.45, 2.75) is 20.4 Å². The fourth-order valence-corrected chi connectivity index (χ4v) is 2.01. The summed E-state index contributed by atoms with van der Waals surface area (Å²) in [5.41, 5.74) is 9.22. The van der Waals surface area contributed by atoms with Gasteiger partial charge in [-0.25, -0.2) is 4.39 Å². The van der Waals surface area contributed by atoms with Crippen LogP contribution in [-0.4, -0.2) is 6.61 Å². The van der Waals surface area contributed by atoms with E-state index in [9.17, 15) is 4.39 Å². The molecule has 2 aromatic rings. The first-order valence-electron chi connectivity index (χ1n) is 6.61. The Balaban J connectivity index is 2.14. The van der Waals surface area contributed by atoms with Crippen LogP contribution in [-0.2, 0) is 6.54 Å². The van der Waals surface area contributed by atoms with Gasteiger partial charge in [-0.3, -0.25) is 0 Å². The van der Waals surface area contributed by atoms with Gasteiger partial charge in [-0.15, -0.1) is 0 Å². The van der Waals surface area contributed by atoms with Crippen LogP contribution in [0, 0.1) is 12.7 Å². The molecule has 0 heterocycles. The van der Waals surface area contributed by atoms with E-state index in [0.29, 0.717) is 24.5 Å². The van der Waals surface area contributed by atoms with E-state index in [4.69, 9.17) is 10.5 Å². The van der Waals surface area contributed by atoms with Crippen LogP contribution < -0.4 is 15.8 Å². The van der Waals surface area contributed by atoms with E-state index in [-0.39, 0.29) is 5.75 Å². The number of rotatable bonds is 5. The highest BCUT2D eigenvalue weighted by molar-refractivity contribution is 5.68. The number of nitrogens with two attached hydrogens (primary N) is 1. The Morgan fingerprint density at radius 2 is 2.05 bits per heavy atom. The van der Waals surface area contributed by atoms with Crippen molar-refractivity contribution in [3.05, 3.63) is 53.3 Å². The molecule has 0 radical (unpaired) electrons. The standard InChI is InChI=1S/C16H19FN2O/c1-3-20-16-9-15(14(18)8-13(16)17)19-10-12-6-4-5-11(2)7-12/h4-9,19H,3,10,18H2,1-2H3. The molecular weight excluding hydrogens is 255 g/mol. The van der Waals surface area contributed by atoms with Gasteiger partial charge in [0.2, 0.25) is 0 Å². The first kappa shape index (κ1) is 14.2. The lowest BCUT2D eigenvalue weighted by Crippen LogP contribution is -2.04. The number of halogens is 1. The van der Waals surface area contributed by atoms with Crippen LogP contribution in [0.2, 0.25) is 0 Å². The maximum absolute atomic E-state index is 13.6. The second-order valence-corrected chi connectivity index (χ2v) is 4.65. The summed E-state index contributed by atoms with van der Waals surface area (Å²) in [6, 6.07) is 11.1. The molecule has 0 aliphatic rings. The summed E-state index contributed by atoms with van der Waals surface area (Å²) >= 11 is 0. The minimum Gasteiger partial charge on any atom is -0.491 e. The number of hydrogen-bond donors (Lipinski definition) is 2. The molecule has 0 spiro atoms. The van der Waals surface area contributed by atoms with Crippen LogP contribution in [0.25, 0.3) is 0 Å². The molecule has 2 aromatic carbocycles. The van der Waals surface area contributed by atoms with E-state index in [0.717, 1.165) is 5.56 Å². The van der Waals surface area contributed by atoms with Gasteiger partial charge in [0.15, 0.2) is 11.6 Å². The summed E-state index contributed by atoms with van der Waals surface area (Å²) in [5, 5.41) is 3.21. The second kappa shape index (κ2) is 6.28. The Morgan fingerprint density at radius 1 is 1.25 bits per heavy atom. The number of aryl methyl sites for hydroxylation is 1. The largest absolute Gasteiger partial charge is 0.491 e. The van der Waals surface area contributed by atoms with Crippen LogP contribution in [0.3, 0.4) is 0 Å². The van der Waals surface area contributed by atoms with Crippen molar-refractivity contribution >= 4 is 11.4 Å². The number of ether oxygens (including phenoxy) is 1. The summed E-state index contributed by atoms with van der Waals surface area (Å²) in [6.07, 6.45) is 0. The molecule has 0 aromatic heterocycles. The Labute approximate surface area is 118 Å². The van der Waals surface area contributed by atoms with Crippen LogP contribution in [0.1, 0.15) is 18.1 Å². The van der Waals surface area contributed by atoms with E-state index >= 15 is 0 Å². The minimum absolute atomic E-state index is 0.216. The quantitative estimate of drug-likeness (QED) is 0.817. The van der Waals surface area contributed by atoms with Crippen molar-refractivity contribution in [2.24, 2.45) is 0 Å². The molecule has 0 atom stereocenters. The van der Waals surface area contributed by atoms with Crippen LogP contribution >= 0.6 is 0 Å². The Kier molecular flexibility index (Phi) is 4.45. The summed E-state index contributed by atoms with van der Waals surface area (Å²) in [5.74, 6) is -0.223. The summed E-state index contributed by atoms with van der Waals surface area (Å²) in [4.78, 5) is 0. The topological polar surface area (TPSA) is 47.3 Å². The fourth-order valence-electron chi connectivity index (χ4n) is 2.01. The Bertz CT molecular complexity index is 599. The first-order valence-corrected chi connectivity index (χ1v) is 6.61. The van der Waals surface area contributed by atoms with Crippen molar-refractivity contribution < 1.29 is 9.13 Å². The van der Waals surface area contributed by atoms with Crippen molar-refractivity contribution in [3.63, 3.8) is 0 Å². The van der Waals surface area contributed by atoms with E-state index in [1.807, 2.05) is 32.0 Å². The van der Waals surface area contributed by atoms with Gasteiger partial charge in [0, 0.05) is 18.7 Å². The molecule has 0 bridgehead atoms. The van der Waals surface area contributed by atoms with Crippen molar-refractivity contribution in [2.75, 3.05) is 17.7 Å². The molecule has 3 N–H and O–H groups in total. The Morgan fingerprint density at radius 3 is 2.75 bits per heavy atom. The maximum Gasteiger partial charge on any atom is 0.167 e. The van der Waals surface area contributed by atoms with Gasteiger partial charge in [0.25, 0.3) is 0 Å². The molecule has 0 saturated carbocycles. The lowest BCUT2D eigenvalue weighted by molar-refractivity contribution is 0.322. The molecule has 0 unspecified atom stereocenters. The van der Waals surface area contributed by atoms with Gasteiger partial charge < -0.3 is 15.8 Å². The zero-order valence-corrected chi connectivity index (χ0v) is 11.7. The third-order valence-electron chi connectivity index (χ3n) is 2.97. The van der Waals surface area contributed by atoms with Crippen LogP contribution in [0.15, 0.2) is 36.4 Å².